The number of carbonyl (C=O) groups excluding carboxylic acids is 1. The van der Waals surface area contributed by atoms with Gasteiger partial charge in [0.1, 0.15) is 0 Å². The van der Waals surface area contributed by atoms with Crippen molar-refractivity contribution >= 4 is 17.4 Å². The molecule has 0 spiro atoms. The summed E-state index contributed by atoms with van der Waals surface area (Å²) in [7, 11) is 0. The Hall–Kier alpha value is -1.95. The Morgan fingerprint density at radius 3 is 2.85 bits per heavy atom. The van der Waals surface area contributed by atoms with Crippen molar-refractivity contribution in [1.82, 2.24) is 20.6 Å². The van der Waals surface area contributed by atoms with E-state index in [0.29, 0.717) is 13.1 Å². The Balaban J connectivity index is 1.69. The van der Waals surface area contributed by atoms with Gasteiger partial charge >= 0.3 is 6.03 Å². The van der Waals surface area contributed by atoms with Gasteiger partial charge in [-0.15, -0.1) is 11.3 Å². The zero-order chi connectivity index (χ0) is 14.4. The molecule has 106 valence electrons. The first-order valence-electron chi connectivity index (χ1n) is 6.48. The van der Waals surface area contributed by atoms with Crippen molar-refractivity contribution in [3.63, 3.8) is 0 Å². The van der Waals surface area contributed by atoms with Crippen LogP contribution in [0.4, 0.5) is 4.79 Å². The van der Waals surface area contributed by atoms with Crippen LogP contribution >= 0.6 is 11.3 Å². The quantitative estimate of drug-likeness (QED) is 0.887. The second-order valence-electron chi connectivity index (χ2n) is 4.49. The summed E-state index contributed by atoms with van der Waals surface area (Å²) in [5.74, 6) is 0. The van der Waals surface area contributed by atoms with E-state index in [1.807, 2.05) is 32.2 Å². The van der Waals surface area contributed by atoms with Crippen LogP contribution < -0.4 is 10.6 Å². The maximum absolute atomic E-state index is 11.7. The molecule has 0 aliphatic heterocycles. The molecule has 0 atom stereocenters. The van der Waals surface area contributed by atoms with Gasteiger partial charge in [0, 0.05) is 30.2 Å². The summed E-state index contributed by atoms with van der Waals surface area (Å²) in [6, 6.07) is 3.69. The second kappa shape index (κ2) is 7.00. The van der Waals surface area contributed by atoms with Crippen LogP contribution in [0, 0.1) is 13.8 Å². The lowest BCUT2D eigenvalue weighted by molar-refractivity contribution is 0.240. The maximum atomic E-state index is 11.7. The molecule has 2 amide bonds. The largest absolute Gasteiger partial charge is 0.338 e. The summed E-state index contributed by atoms with van der Waals surface area (Å²) in [6.45, 7) is 5.03. The van der Waals surface area contributed by atoms with Crippen LogP contribution in [0.2, 0.25) is 0 Å². The monoisotopic (exact) mass is 290 g/mol. The lowest BCUT2D eigenvalue weighted by atomic mass is 10.2. The molecule has 0 fully saturated rings. The second-order valence-corrected chi connectivity index (χ2v) is 5.81. The molecular weight excluding hydrogens is 272 g/mol. The third kappa shape index (κ3) is 4.31. The third-order valence-electron chi connectivity index (χ3n) is 2.83. The van der Waals surface area contributed by atoms with Crippen molar-refractivity contribution in [2.75, 3.05) is 6.54 Å². The fourth-order valence-corrected chi connectivity index (χ4v) is 2.52. The van der Waals surface area contributed by atoms with Gasteiger partial charge in [0.15, 0.2) is 0 Å². The van der Waals surface area contributed by atoms with E-state index in [0.717, 1.165) is 22.7 Å². The van der Waals surface area contributed by atoms with Crippen LogP contribution in [0.15, 0.2) is 24.5 Å². The predicted molar refractivity (Wildman–Crippen MR) is 79.8 cm³/mol. The molecule has 0 aliphatic rings. The number of hydrogen-bond donors (Lipinski definition) is 2. The minimum atomic E-state index is -0.177. The molecule has 0 aliphatic carbocycles. The van der Waals surface area contributed by atoms with Crippen LogP contribution in [0.5, 0.6) is 0 Å². The Morgan fingerprint density at radius 2 is 2.15 bits per heavy atom. The molecule has 0 bridgehead atoms. The van der Waals surface area contributed by atoms with E-state index in [1.165, 1.54) is 4.88 Å². The number of hydrogen-bond acceptors (Lipinski definition) is 4. The molecule has 0 unspecified atom stereocenters. The number of urea groups is 1. The minimum Gasteiger partial charge on any atom is -0.338 e. The highest BCUT2D eigenvalue weighted by Gasteiger charge is 2.04. The molecule has 2 N–H and O–H groups in total. The SMILES string of the molecule is Cc1cnc(CCNC(=O)NCc2ncccc2C)s1. The van der Waals surface area contributed by atoms with E-state index in [2.05, 4.69) is 20.6 Å². The summed E-state index contributed by atoms with van der Waals surface area (Å²) in [6.07, 6.45) is 4.34. The number of thiazole rings is 1. The highest BCUT2D eigenvalue weighted by Crippen LogP contribution is 2.10. The maximum Gasteiger partial charge on any atom is 0.315 e. The van der Waals surface area contributed by atoms with Gasteiger partial charge in [-0.1, -0.05) is 6.07 Å². The molecule has 6 heteroatoms. The Morgan fingerprint density at radius 1 is 1.30 bits per heavy atom. The number of carbonyl (C=O) groups is 1. The standard InChI is InChI=1S/C14H18N4OS/c1-10-4-3-6-15-12(10)9-18-14(19)16-7-5-13-17-8-11(2)20-13/h3-4,6,8H,5,7,9H2,1-2H3,(H2,16,18,19). The smallest absolute Gasteiger partial charge is 0.315 e. The van der Waals surface area contributed by atoms with Crippen LogP contribution in [-0.2, 0) is 13.0 Å². The molecule has 0 saturated carbocycles. The highest BCUT2D eigenvalue weighted by atomic mass is 32.1. The first-order valence-corrected chi connectivity index (χ1v) is 7.30. The first-order chi connectivity index (χ1) is 9.65. The molecule has 0 radical (unpaired) electrons. The zero-order valence-corrected chi connectivity index (χ0v) is 12.5. The molecule has 2 rings (SSSR count). The minimum absolute atomic E-state index is 0.177. The highest BCUT2D eigenvalue weighted by molar-refractivity contribution is 7.11. The van der Waals surface area contributed by atoms with Gasteiger partial charge < -0.3 is 10.6 Å². The number of amides is 2. The van der Waals surface area contributed by atoms with E-state index in [9.17, 15) is 4.79 Å². The van der Waals surface area contributed by atoms with Gasteiger partial charge in [-0.3, -0.25) is 4.98 Å². The van der Waals surface area contributed by atoms with E-state index < -0.39 is 0 Å². The Labute approximate surface area is 122 Å². The lowest BCUT2D eigenvalue weighted by Crippen LogP contribution is -2.36. The molecular formula is C14H18N4OS. The molecule has 2 heterocycles. The van der Waals surface area contributed by atoms with Crippen molar-refractivity contribution in [2.45, 2.75) is 26.8 Å². The average Bonchev–Trinajstić information content (AvgIpc) is 2.83. The Kier molecular flexibility index (Phi) is 5.06. The fourth-order valence-electron chi connectivity index (χ4n) is 1.73. The number of rotatable bonds is 5. The van der Waals surface area contributed by atoms with Crippen LogP contribution in [0.25, 0.3) is 0 Å². The van der Waals surface area contributed by atoms with E-state index in [4.69, 9.17) is 0 Å². The van der Waals surface area contributed by atoms with Crippen LogP contribution in [0.1, 0.15) is 21.1 Å². The summed E-state index contributed by atoms with van der Waals surface area (Å²) in [4.78, 5) is 21.3. The van der Waals surface area contributed by atoms with Crippen LogP contribution in [0.3, 0.4) is 0 Å². The molecule has 5 nitrogen and oxygen atoms in total. The van der Waals surface area contributed by atoms with E-state index in [-0.39, 0.29) is 6.03 Å². The zero-order valence-electron chi connectivity index (χ0n) is 11.6. The van der Waals surface area contributed by atoms with Gasteiger partial charge in [0.2, 0.25) is 0 Å². The Bertz CT molecular complexity index is 582. The summed E-state index contributed by atoms with van der Waals surface area (Å²) >= 11 is 1.66. The average molecular weight is 290 g/mol. The summed E-state index contributed by atoms with van der Waals surface area (Å²) in [5.41, 5.74) is 1.96. The molecule has 20 heavy (non-hydrogen) atoms. The normalized spacial score (nSPS) is 10.3. The van der Waals surface area contributed by atoms with E-state index in [1.54, 1.807) is 17.5 Å². The van der Waals surface area contributed by atoms with Gasteiger partial charge in [-0.25, -0.2) is 9.78 Å². The fraction of sp³-hybridized carbons (Fsp3) is 0.357. The number of nitrogens with zero attached hydrogens (tertiary/aromatic N) is 2. The third-order valence-corrected chi connectivity index (χ3v) is 3.80. The number of aryl methyl sites for hydroxylation is 2. The molecule has 2 aromatic rings. The van der Waals surface area contributed by atoms with Gasteiger partial charge in [0.05, 0.1) is 17.2 Å². The molecule has 2 aromatic heterocycles. The number of pyridine rings is 1. The van der Waals surface area contributed by atoms with Crippen molar-refractivity contribution in [3.8, 4) is 0 Å². The van der Waals surface area contributed by atoms with Gasteiger partial charge in [-0.05, 0) is 25.5 Å². The van der Waals surface area contributed by atoms with Crippen molar-refractivity contribution in [1.29, 1.82) is 0 Å². The van der Waals surface area contributed by atoms with E-state index >= 15 is 0 Å². The summed E-state index contributed by atoms with van der Waals surface area (Å²) < 4.78 is 0. The molecule has 0 saturated heterocycles. The predicted octanol–water partition coefficient (Wildman–Crippen LogP) is 2.20. The summed E-state index contributed by atoms with van der Waals surface area (Å²) in [5, 5.41) is 6.67. The lowest BCUT2D eigenvalue weighted by Gasteiger charge is -2.08. The van der Waals surface area contributed by atoms with Gasteiger partial charge in [-0.2, -0.15) is 0 Å². The van der Waals surface area contributed by atoms with Crippen molar-refractivity contribution in [2.24, 2.45) is 0 Å². The van der Waals surface area contributed by atoms with Crippen molar-refractivity contribution < 1.29 is 4.79 Å². The number of aromatic nitrogens is 2. The first kappa shape index (κ1) is 14.5. The number of nitrogens with one attached hydrogen (secondary N) is 2. The van der Waals surface area contributed by atoms with Gasteiger partial charge in [0.25, 0.3) is 0 Å². The van der Waals surface area contributed by atoms with Crippen LogP contribution in [-0.4, -0.2) is 22.5 Å². The molecule has 0 aromatic carbocycles. The topological polar surface area (TPSA) is 66.9 Å². The van der Waals surface area contributed by atoms with Crippen molar-refractivity contribution in [3.05, 3.63) is 45.7 Å².